The smallest absolute Gasteiger partial charge is 0.321 e. The number of aromatic nitrogens is 2. The summed E-state index contributed by atoms with van der Waals surface area (Å²) >= 11 is 1.17. The molecule has 0 aliphatic rings. The van der Waals surface area contributed by atoms with Crippen LogP contribution in [0.3, 0.4) is 0 Å². The Hall–Kier alpha value is -2.83. The van der Waals surface area contributed by atoms with Gasteiger partial charge in [0.05, 0.1) is 24.2 Å². The lowest BCUT2D eigenvalue weighted by atomic mass is 10.2. The quantitative estimate of drug-likeness (QED) is 0.525. The first kappa shape index (κ1) is 22.8. The maximum absolute atomic E-state index is 13.2. The van der Waals surface area contributed by atoms with Crippen LogP contribution in [-0.4, -0.2) is 35.2 Å². The van der Waals surface area contributed by atoms with Gasteiger partial charge in [-0.15, -0.1) is 11.3 Å². The minimum atomic E-state index is -3.53. The lowest BCUT2D eigenvalue weighted by Gasteiger charge is -2.18. The standard InChI is InChI=1S/C19H22FN5O4S2/c1-12-17(13(2)29-24-12)10-25(31(3,27)28)9-16-11-30-19(22-16)23-18(26)21-8-14-5-4-6-15(20)7-14/h4-7,11H,8-10H2,1-3H3,(H2,21,22,23,26). The van der Waals surface area contributed by atoms with Crippen molar-refractivity contribution in [3.63, 3.8) is 0 Å². The average molecular weight is 468 g/mol. The number of amides is 2. The second-order valence-corrected chi connectivity index (χ2v) is 9.76. The number of sulfonamides is 1. The van der Waals surface area contributed by atoms with Crippen LogP contribution in [0.4, 0.5) is 14.3 Å². The van der Waals surface area contributed by atoms with Crippen LogP contribution in [0.25, 0.3) is 0 Å². The first-order valence-corrected chi connectivity index (χ1v) is 11.9. The van der Waals surface area contributed by atoms with Gasteiger partial charge in [0.15, 0.2) is 5.13 Å². The van der Waals surface area contributed by atoms with Crippen LogP contribution in [0.1, 0.15) is 28.3 Å². The molecule has 2 N–H and O–H groups in total. The summed E-state index contributed by atoms with van der Waals surface area (Å²) in [6, 6.07) is 5.42. The Kier molecular flexibility index (Phi) is 7.03. The van der Waals surface area contributed by atoms with E-state index in [-0.39, 0.29) is 25.5 Å². The summed E-state index contributed by atoms with van der Waals surface area (Å²) in [4.78, 5) is 16.4. The van der Waals surface area contributed by atoms with Crippen LogP contribution >= 0.6 is 11.3 Å². The van der Waals surface area contributed by atoms with Crippen molar-refractivity contribution in [2.75, 3.05) is 11.6 Å². The van der Waals surface area contributed by atoms with E-state index in [1.807, 2.05) is 0 Å². The maximum atomic E-state index is 13.2. The molecule has 2 heterocycles. The van der Waals surface area contributed by atoms with E-state index < -0.39 is 16.1 Å². The lowest BCUT2D eigenvalue weighted by Crippen LogP contribution is -2.30. The molecule has 2 aromatic heterocycles. The molecule has 12 heteroatoms. The number of rotatable bonds is 8. The number of urea groups is 1. The lowest BCUT2D eigenvalue weighted by molar-refractivity contribution is 0.251. The van der Waals surface area contributed by atoms with Crippen LogP contribution in [0.5, 0.6) is 0 Å². The first-order chi connectivity index (χ1) is 14.6. The van der Waals surface area contributed by atoms with E-state index in [9.17, 15) is 17.6 Å². The summed E-state index contributed by atoms with van der Waals surface area (Å²) in [5, 5.41) is 11.1. The molecule has 0 unspecified atom stereocenters. The van der Waals surface area contributed by atoms with Crippen molar-refractivity contribution in [1.29, 1.82) is 0 Å². The van der Waals surface area contributed by atoms with Gasteiger partial charge in [-0.2, -0.15) is 4.31 Å². The second-order valence-electron chi connectivity index (χ2n) is 6.92. The highest BCUT2D eigenvalue weighted by molar-refractivity contribution is 7.88. The van der Waals surface area contributed by atoms with Crippen molar-refractivity contribution >= 4 is 32.5 Å². The van der Waals surface area contributed by atoms with E-state index in [2.05, 4.69) is 20.8 Å². The van der Waals surface area contributed by atoms with Gasteiger partial charge in [0.1, 0.15) is 11.6 Å². The molecule has 0 radical (unpaired) electrons. The number of carbonyl (C=O) groups excluding carboxylic acids is 1. The molecule has 3 aromatic rings. The van der Waals surface area contributed by atoms with E-state index in [1.165, 1.54) is 27.8 Å². The Morgan fingerprint density at radius 3 is 2.71 bits per heavy atom. The highest BCUT2D eigenvalue weighted by Gasteiger charge is 2.22. The average Bonchev–Trinajstić information content (AvgIpc) is 3.26. The summed E-state index contributed by atoms with van der Waals surface area (Å²) in [5.74, 6) is 0.179. The van der Waals surface area contributed by atoms with Crippen molar-refractivity contribution in [3.05, 3.63) is 63.7 Å². The number of nitrogens with one attached hydrogen (secondary N) is 2. The zero-order valence-corrected chi connectivity index (χ0v) is 18.8. The Labute approximate surface area is 183 Å². The van der Waals surface area contributed by atoms with Crippen molar-refractivity contribution in [3.8, 4) is 0 Å². The molecule has 0 bridgehead atoms. The van der Waals surface area contributed by atoms with Crippen LogP contribution in [0.2, 0.25) is 0 Å². The SMILES string of the molecule is Cc1noc(C)c1CN(Cc1csc(NC(=O)NCc2cccc(F)c2)n1)S(C)(=O)=O. The fraction of sp³-hybridized carbons (Fsp3) is 0.316. The number of hydrogen-bond donors (Lipinski definition) is 2. The molecule has 3 rings (SSSR count). The van der Waals surface area contributed by atoms with E-state index >= 15 is 0 Å². The van der Waals surface area contributed by atoms with Gasteiger partial charge in [-0.05, 0) is 31.5 Å². The third-order valence-corrected chi connectivity index (χ3v) is 6.44. The fourth-order valence-corrected chi connectivity index (χ4v) is 4.21. The molecular formula is C19H22FN5O4S2. The summed E-state index contributed by atoms with van der Waals surface area (Å²) in [7, 11) is -3.53. The number of halogens is 1. The highest BCUT2D eigenvalue weighted by atomic mass is 32.2. The Morgan fingerprint density at radius 1 is 1.29 bits per heavy atom. The summed E-state index contributed by atoms with van der Waals surface area (Å²) in [6.45, 7) is 3.77. The highest BCUT2D eigenvalue weighted by Crippen LogP contribution is 2.21. The van der Waals surface area contributed by atoms with Gasteiger partial charge >= 0.3 is 6.03 Å². The topological polar surface area (TPSA) is 117 Å². The van der Waals surface area contributed by atoms with Crippen LogP contribution < -0.4 is 10.6 Å². The molecule has 31 heavy (non-hydrogen) atoms. The molecule has 0 aliphatic heterocycles. The Balaban J connectivity index is 1.61. The summed E-state index contributed by atoms with van der Waals surface area (Å²) < 4.78 is 44.1. The number of nitrogens with zero attached hydrogens (tertiary/aromatic N) is 3. The zero-order chi connectivity index (χ0) is 22.6. The largest absolute Gasteiger partial charge is 0.361 e. The number of carbonyl (C=O) groups is 1. The van der Waals surface area contributed by atoms with Crippen LogP contribution in [0.15, 0.2) is 34.2 Å². The first-order valence-electron chi connectivity index (χ1n) is 9.22. The zero-order valence-electron chi connectivity index (χ0n) is 17.2. The third-order valence-electron chi connectivity index (χ3n) is 4.44. The van der Waals surface area contributed by atoms with Crippen molar-refractivity contribution in [2.24, 2.45) is 0 Å². The molecule has 0 saturated heterocycles. The summed E-state index contributed by atoms with van der Waals surface area (Å²) in [5.41, 5.74) is 2.44. The van der Waals surface area contributed by atoms with Crippen molar-refractivity contribution < 1.29 is 22.1 Å². The number of aryl methyl sites for hydroxylation is 2. The Bertz CT molecular complexity index is 1160. The monoisotopic (exact) mass is 467 g/mol. The number of benzene rings is 1. The number of anilines is 1. The van der Waals surface area contributed by atoms with E-state index in [4.69, 9.17) is 4.52 Å². The molecular weight excluding hydrogens is 445 g/mol. The Morgan fingerprint density at radius 2 is 2.06 bits per heavy atom. The van der Waals surface area contributed by atoms with E-state index in [1.54, 1.807) is 31.4 Å². The fourth-order valence-electron chi connectivity index (χ4n) is 2.78. The van der Waals surface area contributed by atoms with Crippen molar-refractivity contribution in [1.82, 2.24) is 19.8 Å². The maximum Gasteiger partial charge on any atom is 0.321 e. The van der Waals surface area contributed by atoms with Gasteiger partial charge in [-0.1, -0.05) is 17.3 Å². The molecule has 0 spiro atoms. The van der Waals surface area contributed by atoms with Gasteiger partial charge in [0, 0.05) is 24.0 Å². The summed E-state index contributed by atoms with van der Waals surface area (Å²) in [6.07, 6.45) is 1.12. The molecule has 9 nitrogen and oxygen atoms in total. The molecule has 0 fully saturated rings. The van der Waals surface area contributed by atoms with Gasteiger partial charge in [-0.25, -0.2) is 22.6 Å². The minimum Gasteiger partial charge on any atom is -0.361 e. The predicted octanol–water partition coefficient (Wildman–Crippen LogP) is 3.17. The van der Waals surface area contributed by atoms with Gasteiger partial charge < -0.3 is 9.84 Å². The molecule has 2 amide bonds. The van der Waals surface area contributed by atoms with Crippen molar-refractivity contribution in [2.45, 2.75) is 33.5 Å². The molecule has 1 aromatic carbocycles. The molecule has 0 atom stereocenters. The second kappa shape index (κ2) is 9.54. The van der Waals surface area contributed by atoms with Gasteiger partial charge in [0.25, 0.3) is 0 Å². The van der Waals surface area contributed by atoms with Gasteiger partial charge in [0.2, 0.25) is 10.0 Å². The number of thiazole rings is 1. The number of hydrogen-bond acceptors (Lipinski definition) is 7. The molecule has 166 valence electrons. The van der Waals surface area contributed by atoms with E-state index in [0.717, 1.165) is 6.26 Å². The normalized spacial score (nSPS) is 11.6. The molecule has 0 saturated carbocycles. The van der Waals surface area contributed by atoms with E-state index in [0.29, 0.717) is 33.4 Å². The predicted molar refractivity (Wildman–Crippen MR) is 114 cm³/mol. The van der Waals surface area contributed by atoms with Crippen LogP contribution in [-0.2, 0) is 29.7 Å². The molecule has 0 aliphatic carbocycles. The van der Waals surface area contributed by atoms with Gasteiger partial charge in [-0.3, -0.25) is 5.32 Å². The minimum absolute atomic E-state index is 0.0337. The van der Waals surface area contributed by atoms with Crippen LogP contribution in [0, 0.1) is 19.7 Å². The third kappa shape index (κ3) is 6.32.